The summed E-state index contributed by atoms with van der Waals surface area (Å²) >= 11 is 0. The first-order chi connectivity index (χ1) is 15.8. The Morgan fingerprint density at radius 3 is 1.66 bits per heavy atom. The number of hydrogen-bond donors (Lipinski definition) is 0. The van der Waals surface area contributed by atoms with Crippen molar-refractivity contribution in [1.29, 1.82) is 0 Å². The van der Waals surface area contributed by atoms with Crippen molar-refractivity contribution in [1.82, 2.24) is 0 Å². The van der Waals surface area contributed by atoms with Gasteiger partial charge in [-0.3, -0.25) is 0 Å². The van der Waals surface area contributed by atoms with Gasteiger partial charge in [0.15, 0.2) is 8.07 Å². The number of allylic oxidation sites excluding steroid dienone is 4. The van der Waals surface area contributed by atoms with Crippen LogP contribution in [0.25, 0.3) is 0 Å². The van der Waals surface area contributed by atoms with Crippen LogP contribution in [-0.2, 0) is 6.42 Å². The molecule has 1 aliphatic rings. The second-order valence-corrected chi connectivity index (χ2v) is 12.5. The van der Waals surface area contributed by atoms with Crippen molar-refractivity contribution in [2.45, 2.75) is 19.8 Å². The molecule has 5 rings (SSSR count). The standard InChI is InChI=1S/C31H28Si/c1-25-20-22-30(23-21-25)32(28-15-7-3-8-16-28,29-17-9-4-10-18-29)31-19-11-14-27(31)24-26-12-5-2-6-13-26/h2-18,20-23H,19,24H2,1H3. The Bertz CT molecular complexity index is 1190. The van der Waals surface area contributed by atoms with Crippen LogP contribution in [0.2, 0.25) is 0 Å². The van der Waals surface area contributed by atoms with Gasteiger partial charge < -0.3 is 0 Å². The average Bonchev–Trinajstić information content (AvgIpc) is 3.31. The monoisotopic (exact) mass is 428 g/mol. The van der Waals surface area contributed by atoms with Crippen molar-refractivity contribution >= 4 is 23.6 Å². The molecule has 0 saturated heterocycles. The summed E-state index contributed by atoms with van der Waals surface area (Å²) in [7, 11) is -2.41. The average molecular weight is 429 g/mol. The highest BCUT2D eigenvalue weighted by Crippen LogP contribution is 2.31. The van der Waals surface area contributed by atoms with Gasteiger partial charge in [-0.25, -0.2) is 0 Å². The van der Waals surface area contributed by atoms with Crippen LogP contribution in [0.15, 0.2) is 138 Å². The molecule has 0 spiro atoms. The molecular weight excluding hydrogens is 400 g/mol. The Morgan fingerprint density at radius 2 is 1.09 bits per heavy atom. The van der Waals surface area contributed by atoms with Crippen LogP contribution in [0.4, 0.5) is 0 Å². The quantitative estimate of drug-likeness (QED) is 0.281. The molecule has 0 fully saturated rings. The van der Waals surface area contributed by atoms with E-state index in [0.29, 0.717) is 0 Å². The van der Waals surface area contributed by atoms with Crippen LogP contribution in [0.5, 0.6) is 0 Å². The lowest BCUT2D eigenvalue weighted by molar-refractivity contribution is 1.18. The van der Waals surface area contributed by atoms with Crippen molar-refractivity contribution in [3.63, 3.8) is 0 Å². The summed E-state index contributed by atoms with van der Waals surface area (Å²) in [5.74, 6) is 0. The van der Waals surface area contributed by atoms with Crippen LogP contribution in [0.3, 0.4) is 0 Å². The van der Waals surface area contributed by atoms with E-state index in [0.717, 1.165) is 12.8 Å². The Hall–Kier alpha value is -3.42. The van der Waals surface area contributed by atoms with E-state index >= 15 is 0 Å². The summed E-state index contributed by atoms with van der Waals surface area (Å²) in [5, 5.41) is 5.99. The molecule has 0 bridgehead atoms. The van der Waals surface area contributed by atoms with E-state index in [9.17, 15) is 0 Å². The van der Waals surface area contributed by atoms with Gasteiger partial charge in [-0.05, 0) is 46.5 Å². The Kier molecular flexibility index (Phi) is 5.75. The van der Waals surface area contributed by atoms with E-state index in [1.807, 2.05) is 0 Å². The predicted octanol–water partition coefficient (Wildman–Crippen LogP) is 5.50. The topological polar surface area (TPSA) is 0 Å². The summed E-state index contributed by atoms with van der Waals surface area (Å²) in [5.41, 5.74) is 4.16. The fourth-order valence-electron chi connectivity index (χ4n) is 5.13. The van der Waals surface area contributed by atoms with E-state index in [1.54, 1.807) is 5.20 Å². The second-order valence-electron chi connectivity index (χ2n) is 8.62. The Labute approximate surface area is 192 Å². The summed E-state index contributed by atoms with van der Waals surface area (Å²) in [6.45, 7) is 2.18. The minimum absolute atomic E-state index is 0.979. The minimum Gasteiger partial charge on any atom is -0.0805 e. The SMILES string of the molecule is Cc1ccc([Si](C2=C(Cc3ccccc3)C=CC2)(c2ccccc2)c2ccccc2)cc1. The second kappa shape index (κ2) is 8.98. The number of rotatable bonds is 6. The van der Waals surface area contributed by atoms with Crippen LogP contribution >= 0.6 is 0 Å². The normalized spacial score (nSPS) is 13.5. The van der Waals surface area contributed by atoms with E-state index < -0.39 is 8.07 Å². The van der Waals surface area contributed by atoms with Gasteiger partial charge in [-0.15, -0.1) is 0 Å². The summed E-state index contributed by atoms with van der Waals surface area (Å²) < 4.78 is 0. The molecular formula is C31H28Si. The van der Waals surface area contributed by atoms with Crippen molar-refractivity contribution < 1.29 is 0 Å². The number of benzene rings is 4. The van der Waals surface area contributed by atoms with Crippen molar-refractivity contribution in [3.8, 4) is 0 Å². The molecule has 0 aliphatic heterocycles. The molecule has 0 N–H and O–H groups in total. The van der Waals surface area contributed by atoms with Crippen molar-refractivity contribution in [2.24, 2.45) is 0 Å². The molecule has 4 aromatic rings. The van der Waals surface area contributed by atoms with Gasteiger partial charge in [-0.2, -0.15) is 0 Å². The summed E-state index contributed by atoms with van der Waals surface area (Å²) in [6.07, 6.45) is 6.75. The van der Waals surface area contributed by atoms with E-state index in [2.05, 4.69) is 134 Å². The molecule has 0 nitrogen and oxygen atoms in total. The lowest BCUT2D eigenvalue weighted by atomic mass is 10.1. The third kappa shape index (κ3) is 3.70. The van der Waals surface area contributed by atoms with Crippen LogP contribution in [-0.4, -0.2) is 8.07 Å². The maximum absolute atomic E-state index is 2.41. The van der Waals surface area contributed by atoms with Gasteiger partial charge in [0.25, 0.3) is 0 Å². The van der Waals surface area contributed by atoms with Gasteiger partial charge in [0, 0.05) is 0 Å². The van der Waals surface area contributed by atoms with Crippen LogP contribution in [0, 0.1) is 6.92 Å². The molecule has 1 aliphatic carbocycles. The van der Waals surface area contributed by atoms with Gasteiger partial charge in [0.05, 0.1) is 0 Å². The highest BCUT2D eigenvalue weighted by molar-refractivity contribution is 7.16. The third-order valence-electron chi connectivity index (χ3n) is 6.62. The lowest BCUT2D eigenvalue weighted by Crippen LogP contribution is -2.68. The molecule has 0 heterocycles. The number of aryl methyl sites for hydroxylation is 1. The predicted molar refractivity (Wildman–Crippen MR) is 140 cm³/mol. The van der Waals surface area contributed by atoms with Gasteiger partial charge in [-0.1, -0.05) is 138 Å². The highest BCUT2D eigenvalue weighted by atomic mass is 28.3. The first kappa shape index (κ1) is 20.5. The summed E-state index contributed by atoms with van der Waals surface area (Å²) in [4.78, 5) is 0. The highest BCUT2D eigenvalue weighted by Gasteiger charge is 2.44. The molecule has 32 heavy (non-hydrogen) atoms. The van der Waals surface area contributed by atoms with Crippen LogP contribution in [0.1, 0.15) is 17.5 Å². The molecule has 4 aromatic carbocycles. The van der Waals surface area contributed by atoms with Gasteiger partial charge in [0.2, 0.25) is 0 Å². The fourth-order valence-corrected chi connectivity index (χ4v) is 10.3. The third-order valence-corrected chi connectivity index (χ3v) is 11.6. The van der Waals surface area contributed by atoms with E-state index in [4.69, 9.17) is 0 Å². The van der Waals surface area contributed by atoms with E-state index in [-0.39, 0.29) is 0 Å². The maximum Gasteiger partial charge on any atom is 0.176 e. The first-order valence-corrected chi connectivity index (χ1v) is 13.4. The largest absolute Gasteiger partial charge is 0.176 e. The molecule has 0 atom stereocenters. The van der Waals surface area contributed by atoms with Crippen LogP contribution < -0.4 is 15.6 Å². The number of hydrogen-bond acceptors (Lipinski definition) is 0. The van der Waals surface area contributed by atoms with Crippen molar-refractivity contribution in [3.05, 3.63) is 149 Å². The molecule has 1 heteroatoms. The zero-order valence-corrected chi connectivity index (χ0v) is 19.5. The fraction of sp³-hybridized carbons (Fsp3) is 0.0968. The molecule has 0 amide bonds. The Morgan fingerprint density at radius 1 is 0.594 bits per heavy atom. The van der Waals surface area contributed by atoms with Gasteiger partial charge >= 0.3 is 0 Å². The first-order valence-electron chi connectivity index (χ1n) is 11.4. The minimum atomic E-state index is -2.41. The Balaban J connectivity index is 1.81. The molecule has 0 radical (unpaired) electrons. The summed E-state index contributed by atoms with van der Waals surface area (Å²) in [6, 6.07) is 42.7. The molecule has 156 valence electrons. The molecule has 0 aromatic heterocycles. The zero-order valence-electron chi connectivity index (χ0n) is 18.5. The maximum atomic E-state index is 2.38. The lowest BCUT2D eigenvalue weighted by Gasteiger charge is -2.36. The molecule has 0 unspecified atom stereocenters. The molecule has 0 saturated carbocycles. The van der Waals surface area contributed by atoms with E-state index in [1.165, 1.54) is 32.3 Å². The smallest absolute Gasteiger partial charge is 0.0805 e. The van der Waals surface area contributed by atoms with Gasteiger partial charge in [0.1, 0.15) is 0 Å². The zero-order chi connectivity index (χ0) is 21.8. The van der Waals surface area contributed by atoms with Crippen molar-refractivity contribution in [2.75, 3.05) is 0 Å².